The van der Waals surface area contributed by atoms with E-state index >= 15 is 0 Å². The molecule has 0 fully saturated rings. The fourth-order valence-electron chi connectivity index (χ4n) is 1.76. The highest BCUT2D eigenvalue weighted by atomic mass is 16.5. The van der Waals surface area contributed by atoms with Gasteiger partial charge in [0.1, 0.15) is 0 Å². The van der Waals surface area contributed by atoms with Crippen LogP contribution in [0, 0.1) is 0 Å². The first-order chi connectivity index (χ1) is 9.65. The van der Waals surface area contributed by atoms with E-state index in [0.29, 0.717) is 18.0 Å². The number of rotatable bonds is 5. The molecule has 0 aliphatic rings. The van der Waals surface area contributed by atoms with Crippen molar-refractivity contribution < 1.29 is 9.53 Å². The summed E-state index contributed by atoms with van der Waals surface area (Å²) in [5.74, 6) is 0.290. The number of aromatic nitrogens is 3. The van der Waals surface area contributed by atoms with Gasteiger partial charge in [0.25, 0.3) is 0 Å². The van der Waals surface area contributed by atoms with Crippen LogP contribution in [-0.4, -0.2) is 34.4 Å². The lowest BCUT2D eigenvalue weighted by Crippen LogP contribution is -2.13. The highest BCUT2D eigenvalue weighted by Gasteiger charge is 2.11. The number of hydrogen-bond donors (Lipinski definition) is 1. The zero-order chi connectivity index (χ0) is 14.5. The van der Waals surface area contributed by atoms with Gasteiger partial charge in [-0.25, -0.2) is 14.5 Å². The third kappa shape index (κ3) is 3.03. The number of nitrogens with one attached hydrogen (secondary N) is 1. The van der Waals surface area contributed by atoms with Crippen LogP contribution in [0.1, 0.15) is 35.8 Å². The topological polar surface area (TPSA) is 69.0 Å². The Balaban J connectivity index is 2.26. The molecule has 1 atom stereocenters. The van der Waals surface area contributed by atoms with Crippen LogP contribution in [-0.2, 0) is 4.74 Å². The Labute approximate surface area is 117 Å². The average molecular weight is 274 g/mol. The second-order valence-electron chi connectivity index (χ2n) is 4.35. The van der Waals surface area contributed by atoms with Gasteiger partial charge in [-0.05, 0) is 38.6 Å². The summed E-state index contributed by atoms with van der Waals surface area (Å²) in [6.07, 6.45) is 4.83. The number of hydrogen-bond acceptors (Lipinski definition) is 5. The van der Waals surface area contributed by atoms with E-state index in [1.54, 1.807) is 24.0 Å². The summed E-state index contributed by atoms with van der Waals surface area (Å²) in [6, 6.07) is 4.10. The summed E-state index contributed by atoms with van der Waals surface area (Å²) in [6.45, 7) is 4.18. The Kier molecular flexibility index (Phi) is 4.47. The zero-order valence-electron chi connectivity index (χ0n) is 11.8. The highest BCUT2D eigenvalue weighted by Crippen LogP contribution is 2.14. The minimum absolute atomic E-state index is 0.219. The predicted molar refractivity (Wildman–Crippen MR) is 74.8 cm³/mol. The molecule has 6 nitrogen and oxygen atoms in total. The van der Waals surface area contributed by atoms with Crippen molar-refractivity contribution in [2.24, 2.45) is 0 Å². The smallest absolute Gasteiger partial charge is 0.341 e. The number of carbonyl (C=O) groups is 1. The van der Waals surface area contributed by atoms with E-state index in [9.17, 15) is 4.79 Å². The van der Waals surface area contributed by atoms with Crippen molar-refractivity contribution in [1.82, 2.24) is 20.1 Å². The van der Waals surface area contributed by atoms with Crippen LogP contribution < -0.4 is 5.32 Å². The molecule has 0 amide bonds. The van der Waals surface area contributed by atoms with Crippen LogP contribution >= 0.6 is 0 Å². The molecule has 20 heavy (non-hydrogen) atoms. The standard InChI is InChI=1S/C14H18N4O2/c1-4-20-14(19)12-8-17-18(9-12)13-7-11(5-6-16-13)10(2)15-3/h5-10,15H,4H2,1-3H3. The van der Waals surface area contributed by atoms with Gasteiger partial charge in [-0.3, -0.25) is 0 Å². The molecule has 2 rings (SSSR count). The second-order valence-corrected chi connectivity index (χ2v) is 4.35. The summed E-state index contributed by atoms with van der Waals surface area (Å²) < 4.78 is 6.50. The van der Waals surface area contributed by atoms with Crippen LogP contribution in [0.3, 0.4) is 0 Å². The SMILES string of the molecule is CCOC(=O)c1cnn(-c2cc(C(C)NC)ccn2)c1. The molecule has 0 radical (unpaired) electrons. The molecule has 6 heteroatoms. The first-order valence-corrected chi connectivity index (χ1v) is 6.51. The van der Waals surface area contributed by atoms with Crippen LogP contribution in [0.15, 0.2) is 30.7 Å². The number of carbonyl (C=O) groups excluding carboxylic acids is 1. The lowest BCUT2D eigenvalue weighted by molar-refractivity contribution is 0.0526. The van der Waals surface area contributed by atoms with E-state index in [4.69, 9.17) is 4.74 Å². The van der Waals surface area contributed by atoms with Gasteiger partial charge in [0, 0.05) is 18.4 Å². The lowest BCUT2D eigenvalue weighted by atomic mass is 10.1. The summed E-state index contributed by atoms with van der Waals surface area (Å²) in [5.41, 5.74) is 1.52. The van der Waals surface area contributed by atoms with Crippen molar-refractivity contribution in [3.63, 3.8) is 0 Å². The van der Waals surface area contributed by atoms with Crippen molar-refractivity contribution in [3.8, 4) is 5.82 Å². The molecular weight excluding hydrogens is 256 g/mol. The largest absolute Gasteiger partial charge is 0.462 e. The molecule has 0 aromatic carbocycles. The highest BCUT2D eigenvalue weighted by molar-refractivity contribution is 5.88. The van der Waals surface area contributed by atoms with Gasteiger partial charge in [-0.1, -0.05) is 0 Å². The Bertz CT molecular complexity index is 594. The molecule has 2 aromatic heterocycles. The van der Waals surface area contributed by atoms with E-state index in [1.807, 2.05) is 19.2 Å². The molecule has 0 saturated heterocycles. The lowest BCUT2D eigenvalue weighted by Gasteiger charge is -2.11. The minimum Gasteiger partial charge on any atom is -0.462 e. The van der Waals surface area contributed by atoms with Gasteiger partial charge in [-0.2, -0.15) is 5.10 Å². The quantitative estimate of drug-likeness (QED) is 0.841. The molecule has 106 valence electrons. The third-order valence-corrected chi connectivity index (χ3v) is 3.03. The van der Waals surface area contributed by atoms with E-state index < -0.39 is 0 Å². The molecule has 1 N–H and O–H groups in total. The Hall–Kier alpha value is -2.21. The van der Waals surface area contributed by atoms with E-state index in [0.717, 1.165) is 5.56 Å². The summed E-state index contributed by atoms with van der Waals surface area (Å²) in [5, 5.41) is 7.32. The molecule has 0 aliphatic carbocycles. The number of nitrogens with zero attached hydrogens (tertiary/aromatic N) is 3. The molecule has 0 spiro atoms. The first-order valence-electron chi connectivity index (χ1n) is 6.51. The van der Waals surface area contributed by atoms with E-state index in [2.05, 4.69) is 22.3 Å². The van der Waals surface area contributed by atoms with Crippen molar-refractivity contribution in [2.45, 2.75) is 19.9 Å². The minimum atomic E-state index is -0.376. The number of pyridine rings is 1. The molecule has 0 bridgehead atoms. The predicted octanol–water partition coefficient (Wildman–Crippen LogP) is 1.72. The van der Waals surface area contributed by atoms with E-state index in [-0.39, 0.29) is 12.0 Å². The van der Waals surface area contributed by atoms with Gasteiger partial charge in [-0.15, -0.1) is 0 Å². The van der Waals surface area contributed by atoms with E-state index in [1.165, 1.54) is 6.20 Å². The summed E-state index contributed by atoms with van der Waals surface area (Å²) in [7, 11) is 1.90. The molecule has 2 aromatic rings. The maximum absolute atomic E-state index is 11.6. The maximum Gasteiger partial charge on any atom is 0.341 e. The average Bonchev–Trinajstić information content (AvgIpc) is 2.97. The van der Waals surface area contributed by atoms with Gasteiger partial charge in [0.15, 0.2) is 5.82 Å². The molecular formula is C14H18N4O2. The van der Waals surface area contributed by atoms with Gasteiger partial charge >= 0.3 is 5.97 Å². The van der Waals surface area contributed by atoms with Crippen LogP contribution in [0.2, 0.25) is 0 Å². The second kappa shape index (κ2) is 6.29. The molecule has 0 saturated carbocycles. The number of esters is 1. The Morgan fingerprint density at radius 2 is 2.35 bits per heavy atom. The van der Waals surface area contributed by atoms with Gasteiger partial charge < -0.3 is 10.1 Å². The maximum atomic E-state index is 11.6. The molecule has 1 unspecified atom stereocenters. The van der Waals surface area contributed by atoms with Crippen LogP contribution in [0.5, 0.6) is 0 Å². The van der Waals surface area contributed by atoms with Gasteiger partial charge in [0.2, 0.25) is 0 Å². The monoisotopic (exact) mass is 274 g/mol. The van der Waals surface area contributed by atoms with Crippen LogP contribution in [0.4, 0.5) is 0 Å². The van der Waals surface area contributed by atoms with Crippen molar-refractivity contribution in [3.05, 3.63) is 41.9 Å². The summed E-state index contributed by atoms with van der Waals surface area (Å²) in [4.78, 5) is 15.9. The summed E-state index contributed by atoms with van der Waals surface area (Å²) >= 11 is 0. The van der Waals surface area contributed by atoms with Gasteiger partial charge in [0.05, 0.1) is 18.4 Å². The Morgan fingerprint density at radius 3 is 3.05 bits per heavy atom. The zero-order valence-corrected chi connectivity index (χ0v) is 11.8. The molecule has 0 aliphatic heterocycles. The third-order valence-electron chi connectivity index (χ3n) is 3.03. The van der Waals surface area contributed by atoms with Crippen LogP contribution in [0.25, 0.3) is 5.82 Å². The fourth-order valence-corrected chi connectivity index (χ4v) is 1.76. The van der Waals surface area contributed by atoms with Crippen molar-refractivity contribution in [1.29, 1.82) is 0 Å². The first kappa shape index (κ1) is 14.2. The normalized spacial score (nSPS) is 12.2. The number of ether oxygens (including phenoxy) is 1. The Morgan fingerprint density at radius 1 is 1.55 bits per heavy atom. The molecule has 2 heterocycles. The van der Waals surface area contributed by atoms with Crippen molar-refractivity contribution >= 4 is 5.97 Å². The van der Waals surface area contributed by atoms with Crippen molar-refractivity contribution in [2.75, 3.05) is 13.7 Å². The fraction of sp³-hybridized carbons (Fsp3) is 0.357.